The lowest BCUT2D eigenvalue weighted by molar-refractivity contribution is -0.123. The molecule has 1 aliphatic heterocycles. The van der Waals surface area contributed by atoms with Crippen LogP contribution in [0.3, 0.4) is 0 Å². The van der Waals surface area contributed by atoms with Crippen molar-refractivity contribution in [2.75, 3.05) is 6.54 Å². The van der Waals surface area contributed by atoms with Crippen LogP contribution in [0.4, 0.5) is 0 Å². The molecular weight excluding hydrogens is 270 g/mol. The van der Waals surface area contributed by atoms with Gasteiger partial charge in [-0.2, -0.15) is 0 Å². The van der Waals surface area contributed by atoms with E-state index in [1.54, 1.807) is 0 Å². The van der Waals surface area contributed by atoms with Crippen molar-refractivity contribution in [2.45, 2.75) is 31.6 Å². The molecule has 112 valence electrons. The molecule has 1 N–H and O–H groups in total. The van der Waals surface area contributed by atoms with E-state index in [2.05, 4.69) is 53.8 Å². The van der Waals surface area contributed by atoms with E-state index < -0.39 is 0 Å². The van der Waals surface area contributed by atoms with Crippen LogP contribution in [-0.2, 0) is 4.79 Å². The highest BCUT2D eigenvalue weighted by Gasteiger charge is 2.28. The number of nitrogens with one attached hydrogen (secondary N) is 1. The summed E-state index contributed by atoms with van der Waals surface area (Å²) < 4.78 is 0. The summed E-state index contributed by atoms with van der Waals surface area (Å²) in [5.41, 5.74) is 5.76. The van der Waals surface area contributed by atoms with Gasteiger partial charge in [-0.15, -0.1) is 0 Å². The average Bonchev–Trinajstić information content (AvgIpc) is 2.89. The third-order valence-corrected chi connectivity index (χ3v) is 5.19. The lowest BCUT2D eigenvalue weighted by atomic mass is 9.86. The molecule has 1 aliphatic carbocycles. The fourth-order valence-electron chi connectivity index (χ4n) is 4.00. The fraction of sp³-hybridized carbons (Fsp3) is 0.350. The maximum atomic E-state index is 11.3. The van der Waals surface area contributed by atoms with Gasteiger partial charge in [-0.25, -0.2) is 0 Å². The molecule has 1 saturated heterocycles. The molecule has 2 aliphatic rings. The number of benzene rings is 2. The van der Waals surface area contributed by atoms with E-state index in [9.17, 15) is 4.79 Å². The Morgan fingerprint density at radius 3 is 2.14 bits per heavy atom. The van der Waals surface area contributed by atoms with Gasteiger partial charge in [-0.05, 0) is 47.4 Å². The molecular formula is C20H21NO. The Kier molecular flexibility index (Phi) is 3.45. The summed E-state index contributed by atoms with van der Waals surface area (Å²) >= 11 is 0. The minimum Gasteiger partial charge on any atom is -0.356 e. The normalized spacial score (nSPS) is 20.4. The Morgan fingerprint density at radius 1 is 0.909 bits per heavy atom. The predicted octanol–water partition coefficient (Wildman–Crippen LogP) is 4.11. The van der Waals surface area contributed by atoms with Crippen molar-refractivity contribution in [1.82, 2.24) is 5.32 Å². The minimum absolute atomic E-state index is 0.216. The number of amides is 1. The summed E-state index contributed by atoms with van der Waals surface area (Å²) in [6.45, 7) is 0.856. The second-order valence-corrected chi connectivity index (χ2v) is 6.51. The largest absolute Gasteiger partial charge is 0.356 e. The molecule has 4 rings (SSSR count). The van der Waals surface area contributed by atoms with Gasteiger partial charge in [0.25, 0.3) is 0 Å². The monoisotopic (exact) mass is 291 g/mol. The number of piperidine rings is 1. The van der Waals surface area contributed by atoms with E-state index in [1.165, 1.54) is 35.1 Å². The molecule has 1 amide bonds. The Labute approximate surface area is 131 Å². The molecule has 0 saturated carbocycles. The first-order valence-electron chi connectivity index (χ1n) is 8.28. The zero-order valence-electron chi connectivity index (χ0n) is 12.7. The van der Waals surface area contributed by atoms with Crippen LogP contribution in [0.25, 0.3) is 11.1 Å². The van der Waals surface area contributed by atoms with Gasteiger partial charge < -0.3 is 5.32 Å². The van der Waals surface area contributed by atoms with Gasteiger partial charge in [0.2, 0.25) is 5.91 Å². The number of carbonyl (C=O) groups is 1. The van der Waals surface area contributed by atoms with Crippen LogP contribution in [-0.4, -0.2) is 12.5 Å². The van der Waals surface area contributed by atoms with Crippen molar-refractivity contribution in [2.24, 2.45) is 5.92 Å². The molecule has 0 bridgehead atoms. The van der Waals surface area contributed by atoms with E-state index >= 15 is 0 Å². The van der Waals surface area contributed by atoms with Crippen LogP contribution in [0.15, 0.2) is 48.5 Å². The number of hydrogen-bond donors (Lipinski definition) is 1. The molecule has 0 spiro atoms. The maximum Gasteiger partial charge on any atom is 0.220 e. The summed E-state index contributed by atoms with van der Waals surface area (Å²) in [7, 11) is 0. The Hall–Kier alpha value is -2.09. The molecule has 0 aromatic heterocycles. The van der Waals surface area contributed by atoms with Crippen LogP contribution >= 0.6 is 0 Å². The third-order valence-electron chi connectivity index (χ3n) is 5.19. The zero-order valence-corrected chi connectivity index (χ0v) is 12.7. The summed E-state index contributed by atoms with van der Waals surface area (Å²) in [5, 5.41) is 3.01. The van der Waals surface area contributed by atoms with E-state index in [-0.39, 0.29) is 5.91 Å². The highest BCUT2D eigenvalue weighted by atomic mass is 16.1. The van der Waals surface area contributed by atoms with Crippen molar-refractivity contribution in [3.8, 4) is 11.1 Å². The molecule has 1 fully saturated rings. The Bertz CT molecular complexity index is 651. The highest BCUT2D eigenvalue weighted by molar-refractivity contribution is 5.78. The first-order valence-corrected chi connectivity index (χ1v) is 8.28. The standard InChI is InChI=1S/C20H21NO/c22-20-12-10-14(13-21-20)9-11-19-17-7-3-1-5-15(17)16-6-2-4-8-18(16)19/h1-8,14,19H,9-13H2,(H,21,22). The molecule has 2 aromatic carbocycles. The van der Waals surface area contributed by atoms with Crippen molar-refractivity contribution in [1.29, 1.82) is 0 Å². The van der Waals surface area contributed by atoms with Crippen molar-refractivity contribution in [3.63, 3.8) is 0 Å². The average molecular weight is 291 g/mol. The smallest absolute Gasteiger partial charge is 0.220 e. The topological polar surface area (TPSA) is 29.1 Å². The van der Waals surface area contributed by atoms with Gasteiger partial charge in [0, 0.05) is 18.9 Å². The first-order chi connectivity index (χ1) is 10.8. The molecule has 1 atom stereocenters. The maximum absolute atomic E-state index is 11.3. The van der Waals surface area contributed by atoms with Gasteiger partial charge in [-0.1, -0.05) is 48.5 Å². The van der Waals surface area contributed by atoms with Crippen LogP contribution in [0.1, 0.15) is 42.7 Å². The second-order valence-electron chi connectivity index (χ2n) is 6.51. The van der Waals surface area contributed by atoms with Gasteiger partial charge in [0.1, 0.15) is 0 Å². The second kappa shape index (κ2) is 5.60. The molecule has 22 heavy (non-hydrogen) atoms. The van der Waals surface area contributed by atoms with Crippen molar-refractivity contribution >= 4 is 5.91 Å². The van der Waals surface area contributed by atoms with Gasteiger partial charge in [0.15, 0.2) is 0 Å². The van der Waals surface area contributed by atoms with E-state index in [0.717, 1.165) is 13.0 Å². The van der Waals surface area contributed by atoms with Crippen LogP contribution in [0.2, 0.25) is 0 Å². The molecule has 1 heterocycles. The van der Waals surface area contributed by atoms with Crippen LogP contribution in [0, 0.1) is 5.92 Å². The number of rotatable bonds is 3. The summed E-state index contributed by atoms with van der Waals surface area (Å²) in [5.74, 6) is 1.37. The number of hydrogen-bond acceptors (Lipinski definition) is 1. The van der Waals surface area contributed by atoms with Crippen molar-refractivity contribution in [3.05, 3.63) is 59.7 Å². The van der Waals surface area contributed by atoms with E-state index in [1.807, 2.05) is 0 Å². The minimum atomic E-state index is 0.216. The van der Waals surface area contributed by atoms with Gasteiger partial charge in [-0.3, -0.25) is 4.79 Å². The molecule has 2 nitrogen and oxygen atoms in total. The Morgan fingerprint density at radius 2 is 1.55 bits per heavy atom. The molecule has 0 radical (unpaired) electrons. The number of fused-ring (bicyclic) bond motifs is 3. The highest BCUT2D eigenvalue weighted by Crippen LogP contribution is 2.47. The van der Waals surface area contributed by atoms with Crippen LogP contribution < -0.4 is 5.32 Å². The fourth-order valence-corrected chi connectivity index (χ4v) is 4.00. The summed E-state index contributed by atoms with van der Waals surface area (Å²) in [6, 6.07) is 17.6. The molecule has 2 heteroatoms. The molecule has 2 aromatic rings. The SMILES string of the molecule is O=C1CCC(CCC2c3ccccc3-c3ccccc32)CN1. The van der Waals surface area contributed by atoms with Crippen molar-refractivity contribution < 1.29 is 4.79 Å². The third kappa shape index (κ3) is 2.33. The summed E-state index contributed by atoms with van der Waals surface area (Å²) in [4.78, 5) is 11.3. The quantitative estimate of drug-likeness (QED) is 0.906. The van der Waals surface area contributed by atoms with Crippen LogP contribution in [0.5, 0.6) is 0 Å². The summed E-state index contributed by atoms with van der Waals surface area (Å²) in [6.07, 6.45) is 4.10. The van der Waals surface area contributed by atoms with E-state index in [4.69, 9.17) is 0 Å². The first kappa shape index (κ1) is 13.6. The lowest BCUT2D eigenvalue weighted by Gasteiger charge is -2.24. The number of carbonyl (C=O) groups excluding carboxylic acids is 1. The Balaban J connectivity index is 1.55. The molecule has 1 unspecified atom stereocenters. The van der Waals surface area contributed by atoms with E-state index in [0.29, 0.717) is 18.3 Å². The lowest BCUT2D eigenvalue weighted by Crippen LogP contribution is -2.34. The predicted molar refractivity (Wildman–Crippen MR) is 88.7 cm³/mol. The van der Waals surface area contributed by atoms with Gasteiger partial charge >= 0.3 is 0 Å². The zero-order chi connectivity index (χ0) is 14.9. The van der Waals surface area contributed by atoms with Gasteiger partial charge in [0.05, 0.1) is 0 Å².